The summed E-state index contributed by atoms with van der Waals surface area (Å²) in [5.41, 5.74) is 9.84. The number of rotatable bonds is 10. The van der Waals surface area contributed by atoms with Crippen molar-refractivity contribution in [2.45, 2.75) is 119 Å². The number of ether oxygens (including phenoxy) is 1. The average Bonchev–Trinajstić information content (AvgIpc) is 3.20. The van der Waals surface area contributed by atoms with Crippen LogP contribution in [0.5, 0.6) is 0 Å². The highest BCUT2D eigenvalue weighted by atomic mass is 16.5. The van der Waals surface area contributed by atoms with E-state index < -0.39 is 0 Å². The Balaban J connectivity index is 1.49. The van der Waals surface area contributed by atoms with Crippen LogP contribution in [0.3, 0.4) is 0 Å². The molecule has 1 aromatic carbocycles. The van der Waals surface area contributed by atoms with E-state index in [9.17, 15) is 4.79 Å². The van der Waals surface area contributed by atoms with Crippen LogP contribution in [0.1, 0.15) is 118 Å². The average molecular weight is 571 g/mol. The second-order valence-electron chi connectivity index (χ2n) is 15.0. The Bertz CT molecular complexity index is 1220. The summed E-state index contributed by atoms with van der Waals surface area (Å²) in [5, 5.41) is 0. The van der Waals surface area contributed by atoms with E-state index in [1.54, 1.807) is 16.7 Å². The van der Waals surface area contributed by atoms with Crippen LogP contribution in [0.15, 0.2) is 64.8 Å². The first kappa shape index (κ1) is 32.7. The number of hydrogen-bond acceptors (Lipinski definition) is 2. The molecule has 2 heteroatoms. The van der Waals surface area contributed by atoms with Crippen LogP contribution >= 0.6 is 0 Å². The van der Waals surface area contributed by atoms with Gasteiger partial charge < -0.3 is 4.74 Å². The van der Waals surface area contributed by atoms with Gasteiger partial charge in [-0.2, -0.15) is 0 Å². The highest BCUT2D eigenvalue weighted by Gasteiger charge is 2.35. The summed E-state index contributed by atoms with van der Waals surface area (Å²) in [7, 11) is 0. The molecule has 2 aliphatic carbocycles. The van der Waals surface area contributed by atoms with Gasteiger partial charge in [-0.25, -0.2) is 0 Å². The Morgan fingerprint density at radius 1 is 1.12 bits per heavy atom. The minimum absolute atomic E-state index is 0.107. The van der Waals surface area contributed by atoms with E-state index >= 15 is 0 Å². The Hall–Kier alpha value is -2.19. The molecule has 1 saturated carbocycles. The number of hydrogen-bond donors (Lipinski definition) is 0. The van der Waals surface area contributed by atoms with Crippen molar-refractivity contribution in [3.8, 4) is 0 Å². The summed E-state index contributed by atoms with van der Waals surface area (Å²) in [6.07, 6.45) is 14.1. The van der Waals surface area contributed by atoms with Gasteiger partial charge in [-0.05, 0) is 109 Å². The second kappa shape index (κ2) is 14.1. The monoisotopic (exact) mass is 570 g/mol. The minimum atomic E-state index is -0.107. The summed E-state index contributed by atoms with van der Waals surface area (Å²) >= 11 is 0. The van der Waals surface area contributed by atoms with Gasteiger partial charge in [0.2, 0.25) is 0 Å². The van der Waals surface area contributed by atoms with Gasteiger partial charge in [-0.3, -0.25) is 4.79 Å². The number of allylic oxidation sites excluding steroid dienone is 3. The predicted octanol–water partition coefficient (Wildman–Crippen LogP) is 10.7. The first-order valence-electron chi connectivity index (χ1n) is 16.9. The Labute approximate surface area is 257 Å². The van der Waals surface area contributed by atoms with Crippen molar-refractivity contribution in [2.24, 2.45) is 35.5 Å². The van der Waals surface area contributed by atoms with E-state index in [1.165, 1.54) is 43.3 Å². The third kappa shape index (κ3) is 7.85. The van der Waals surface area contributed by atoms with Crippen LogP contribution in [-0.4, -0.2) is 18.0 Å². The molecule has 3 aliphatic rings. The first-order chi connectivity index (χ1) is 19.9. The molecule has 42 heavy (non-hydrogen) atoms. The highest BCUT2D eigenvalue weighted by molar-refractivity contribution is 5.82. The fourth-order valence-electron chi connectivity index (χ4n) is 8.23. The number of ketones is 1. The lowest BCUT2D eigenvalue weighted by atomic mass is 9.74. The fourth-order valence-corrected chi connectivity index (χ4v) is 8.23. The van der Waals surface area contributed by atoms with Crippen LogP contribution in [0.25, 0.3) is 6.08 Å². The third-order valence-corrected chi connectivity index (χ3v) is 10.7. The van der Waals surface area contributed by atoms with Crippen LogP contribution in [-0.2, 0) is 16.0 Å². The van der Waals surface area contributed by atoms with Crippen molar-refractivity contribution >= 4 is 11.9 Å². The molecule has 1 aromatic rings. The van der Waals surface area contributed by atoms with Crippen molar-refractivity contribution in [1.29, 1.82) is 0 Å². The minimum Gasteiger partial charge on any atom is -0.371 e. The molecule has 0 saturated heterocycles. The van der Waals surface area contributed by atoms with Gasteiger partial charge in [0.25, 0.3) is 0 Å². The van der Waals surface area contributed by atoms with Crippen LogP contribution in [0, 0.1) is 35.5 Å². The molecule has 4 rings (SSSR count). The zero-order valence-electron chi connectivity index (χ0n) is 28.0. The topological polar surface area (TPSA) is 26.3 Å². The van der Waals surface area contributed by atoms with Crippen molar-refractivity contribution in [1.82, 2.24) is 0 Å². The molecule has 0 radical (unpaired) electrons. The van der Waals surface area contributed by atoms with E-state index in [0.29, 0.717) is 48.2 Å². The number of Topliss-reactive ketones (excluding diaryl/α,β-unsaturated/α-hetero) is 1. The fraction of sp³-hybridized carbons (Fsp3) is 0.625. The standard InChI is InChI=1S/C40H58O2/c1-10-31-15-11-12-16-33(31)23-34(41)19-18-32-17-13-14-30(21-35(32)26(2)3)22-37-28(6)20-36(27(4)5)39-25-42-40(8,9)24-38(39)29(37)7/h10-12,15-16,20,26-28,30,32,35H,1,13-14,17-19,21-25H2,2-9H3. The van der Waals surface area contributed by atoms with E-state index in [1.807, 2.05) is 18.2 Å². The van der Waals surface area contributed by atoms with Crippen LogP contribution in [0.2, 0.25) is 0 Å². The highest BCUT2D eigenvalue weighted by Crippen LogP contribution is 2.46. The van der Waals surface area contributed by atoms with Gasteiger partial charge in [0, 0.05) is 19.3 Å². The molecule has 1 heterocycles. The maximum Gasteiger partial charge on any atom is 0.137 e. The van der Waals surface area contributed by atoms with Gasteiger partial charge in [0.05, 0.1) is 12.2 Å². The summed E-state index contributed by atoms with van der Waals surface area (Å²) < 4.78 is 6.34. The normalized spacial score (nSPS) is 26.6. The zero-order chi connectivity index (χ0) is 30.6. The Kier molecular flexibility index (Phi) is 11.0. The molecule has 4 atom stereocenters. The molecule has 0 aromatic heterocycles. The lowest BCUT2D eigenvalue weighted by Crippen LogP contribution is -2.32. The molecule has 230 valence electrons. The van der Waals surface area contributed by atoms with Crippen molar-refractivity contribution in [2.75, 3.05) is 6.61 Å². The third-order valence-electron chi connectivity index (χ3n) is 10.7. The summed E-state index contributed by atoms with van der Waals surface area (Å²) in [6.45, 7) is 23.5. The largest absolute Gasteiger partial charge is 0.371 e. The van der Waals surface area contributed by atoms with E-state index in [0.717, 1.165) is 36.5 Å². The lowest BCUT2D eigenvalue weighted by Gasteiger charge is -2.35. The van der Waals surface area contributed by atoms with Crippen LogP contribution < -0.4 is 0 Å². The van der Waals surface area contributed by atoms with E-state index in [2.05, 4.69) is 80.2 Å². The molecule has 1 fully saturated rings. The number of carbonyl (C=O) groups excluding carboxylic acids is 1. The van der Waals surface area contributed by atoms with Crippen molar-refractivity contribution < 1.29 is 9.53 Å². The van der Waals surface area contributed by atoms with Gasteiger partial charge in [-0.15, -0.1) is 0 Å². The maximum absolute atomic E-state index is 13.1. The molecule has 1 aliphatic heterocycles. The lowest BCUT2D eigenvalue weighted by molar-refractivity contribution is -0.118. The summed E-state index contributed by atoms with van der Waals surface area (Å²) in [4.78, 5) is 13.1. The molecule has 4 unspecified atom stereocenters. The Morgan fingerprint density at radius 2 is 1.86 bits per heavy atom. The maximum atomic E-state index is 13.1. The molecule has 0 amide bonds. The summed E-state index contributed by atoms with van der Waals surface area (Å²) in [6, 6.07) is 8.18. The van der Waals surface area contributed by atoms with Gasteiger partial charge in [0.1, 0.15) is 5.78 Å². The summed E-state index contributed by atoms with van der Waals surface area (Å²) in [5.74, 6) is 4.04. The van der Waals surface area contributed by atoms with Gasteiger partial charge in [0.15, 0.2) is 0 Å². The molecular weight excluding hydrogens is 512 g/mol. The molecule has 0 N–H and O–H groups in total. The van der Waals surface area contributed by atoms with E-state index in [4.69, 9.17) is 4.74 Å². The molecule has 2 nitrogen and oxygen atoms in total. The second-order valence-corrected chi connectivity index (χ2v) is 15.0. The smallest absolute Gasteiger partial charge is 0.137 e. The number of carbonyl (C=O) groups is 1. The number of benzene rings is 1. The van der Waals surface area contributed by atoms with Crippen molar-refractivity contribution in [3.05, 3.63) is 75.9 Å². The van der Waals surface area contributed by atoms with E-state index in [-0.39, 0.29) is 5.60 Å². The van der Waals surface area contributed by atoms with Gasteiger partial charge in [-0.1, -0.05) is 102 Å². The Morgan fingerprint density at radius 3 is 2.55 bits per heavy atom. The molecular formula is C40H58O2. The van der Waals surface area contributed by atoms with Crippen molar-refractivity contribution in [3.63, 3.8) is 0 Å². The molecule has 0 bridgehead atoms. The predicted molar refractivity (Wildman–Crippen MR) is 179 cm³/mol. The van der Waals surface area contributed by atoms with Crippen LogP contribution in [0.4, 0.5) is 0 Å². The van der Waals surface area contributed by atoms with Gasteiger partial charge >= 0.3 is 0 Å². The zero-order valence-corrected chi connectivity index (χ0v) is 28.0. The quantitative estimate of drug-likeness (QED) is 0.262. The first-order valence-corrected chi connectivity index (χ1v) is 16.9. The SMILES string of the molecule is C=Cc1ccccc1CC(=O)CCC1CCCC(CC2=C(C)C3=C(COC(C)(C)C3)C(C(C)C)=CC2C)CC1C(C)C. The molecule has 0 spiro atoms.